The van der Waals surface area contributed by atoms with Crippen LogP contribution in [-0.4, -0.2) is 27.4 Å². The number of anilines is 1. The van der Waals surface area contributed by atoms with E-state index < -0.39 is 10.0 Å². The quantitative estimate of drug-likeness (QED) is 0.926. The second kappa shape index (κ2) is 5.42. The Hall–Kier alpha value is -1.40. The Bertz CT molecular complexity index is 663. The van der Waals surface area contributed by atoms with Crippen LogP contribution in [0.4, 0.5) is 5.69 Å². The van der Waals surface area contributed by atoms with Gasteiger partial charge in [-0.25, -0.2) is 13.1 Å². The third-order valence-corrected chi connectivity index (χ3v) is 5.88. The molecule has 3 rings (SSSR count). The molecule has 1 saturated carbocycles. The number of hydrogen-bond donors (Lipinski definition) is 1. The molecule has 0 aromatic heterocycles. The first-order valence-corrected chi connectivity index (χ1v) is 8.87. The Balaban J connectivity index is 1.83. The van der Waals surface area contributed by atoms with Gasteiger partial charge in [0.25, 0.3) is 0 Å². The summed E-state index contributed by atoms with van der Waals surface area (Å²) < 4.78 is 27.7. The van der Waals surface area contributed by atoms with Crippen LogP contribution in [0.2, 0.25) is 0 Å². The van der Waals surface area contributed by atoms with E-state index in [0.717, 1.165) is 36.9 Å². The van der Waals surface area contributed by atoms with Crippen LogP contribution in [0.1, 0.15) is 37.7 Å². The van der Waals surface area contributed by atoms with Crippen LogP contribution in [0.25, 0.3) is 0 Å². The highest BCUT2D eigenvalue weighted by Crippen LogP contribution is 2.30. The van der Waals surface area contributed by atoms with Crippen LogP contribution in [0, 0.1) is 0 Å². The van der Waals surface area contributed by atoms with Crippen molar-refractivity contribution >= 4 is 21.6 Å². The minimum absolute atomic E-state index is 0.000197. The normalized spacial score (nSPS) is 19.9. The molecule has 0 radical (unpaired) electrons. The highest BCUT2D eigenvalue weighted by molar-refractivity contribution is 7.89. The van der Waals surface area contributed by atoms with Crippen molar-refractivity contribution in [2.45, 2.75) is 49.5 Å². The summed E-state index contributed by atoms with van der Waals surface area (Å²) in [5, 5.41) is 0. The zero-order chi connectivity index (χ0) is 15.0. The lowest BCUT2D eigenvalue weighted by atomic mass is 9.96. The molecule has 1 aromatic rings. The minimum atomic E-state index is -3.50. The van der Waals surface area contributed by atoms with Gasteiger partial charge in [0.05, 0.1) is 11.3 Å². The Morgan fingerprint density at radius 3 is 2.62 bits per heavy atom. The van der Waals surface area contributed by atoms with E-state index in [1.165, 1.54) is 6.42 Å². The highest BCUT2D eigenvalue weighted by Gasteiger charge is 2.27. The van der Waals surface area contributed by atoms with Crippen LogP contribution >= 0.6 is 0 Å². The molecule has 114 valence electrons. The number of nitrogens with one attached hydrogen (secondary N) is 1. The Morgan fingerprint density at radius 2 is 1.90 bits per heavy atom. The molecule has 2 aliphatic rings. The van der Waals surface area contributed by atoms with Gasteiger partial charge >= 0.3 is 0 Å². The molecule has 1 N–H and O–H groups in total. The summed E-state index contributed by atoms with van der Waals surface area (Å²) in [4.78, 5) is 13.5. The van der Waals surface area contributed by atoms with Crippen molar-refractivity contribution in [2.24, 2.45) is 0 Å². The fourth-order valence-electron chi connectivity index (χ4n) is 3.12. The molecule has 0 atom stereocenters. The fraction of sp³-hybridized carbons (Fsp3) is 0.533. The minimum Gasteiger partial charge on any atom is -0.315 e. The molecular weight excluding hydrogens is 288 g/mol. The molecule has 1 amide bonds. The first-order chi connectivity index (χ1) is 9.97. The molecule has 0 saturated heterocycles. The van der Waals surface area contributed by atoms with Crippen LogP contribution in [-0.2, 0) is 21.2 Å². The van der Waals surface area contributed by atoms with E-state index in [9.17, 15) is 13.2 Å². The number of fused-ring (bicyclic) bond motifs is 1. The summed E-state index contributed by atoms with van der Waals surface area (Å²) in [6.07, 6.45) is 5.44. The van der Waals surface area contributed by atoms with Crippen molar-refractivity contribution in [1.29, 1.82) is 0 Å². The summed E-state index contributed by atoms with van der Waals surface area (Å²) in [6, 6.07) is 4.97. The number of amides is 1. The second-order valence-electron chi connectivity index (χ2n) is 5.88. The van der Waals surface area contributed by atoms with Gasteiger partial charge in [0.1, 0.15) is 0 Å². The molecule has 1 aliphatic carbocycles. The number of carbonyl (C=O) groups is 1. The second-order valence-corrected chi connectivity index (χ2v) is 7.59. The lowest BCUT2D eigenvalue weighted by Gasteiger charge is -2.22. The van der Waals surface area contributed by atoms with Crippen LogP contribution < -0.4 is 9.62 Å². The van der Waals surface area contributed by atoms with E-state index in [0.29, 0.717) is 0 Å². The molecule has 6 heteroatoms. The van der Waals surface area contributed by atoms with Gasteiger partial charge in [-0.1, -0.05) is 19.3 Å². The molecule has 5 nitrogen and oxygen atoms in total. The van der Waals surface area contributed by atoms with Gasteiger partial charge in [0.2, 0.25) is 15.9 Å². The van der Waals surface area contributed by atoms with E-state index in [1.807, 2.05) is 0 Å². The van der Waals surface area contributed by atoms with Gasteiger partial charge in [-0.05, 0) is 36.6 Å². The molecule has 0 spiro atoms. The average Bonchev–Trinajstić information content (AvgIpc) is 2.74. The average molecular weight is 308 g/mol. The molecule has 0 bridgehead atoms. The van der Waals surface area contributed by atoms with Crippen LogP contribution in [0.5, 0.6) is 0 Å². The van der Waals surface area contributed by atoms with Crippen molar-refractivity contribution in [3.8, 4) is 0 Å². The Kier molecular flexibility index (Phi) is 3.75. The predicted molar refractivity (Wildman–Crippen MR) is 80.8 cm³/mol. The molecule has 1 heterocycles. The first kappa shape index (κ1) is 14.5. The van der Waals surface area contributed by atoms with Crippen molar-refractivity contribution in [3.05, 3.63) is 23.8 Å². The number of sulfonamides is 1. The van der Waals surface area contributed by atoms with Crippen LogP contribution in [0.15, 0.2) is 23.1 Å². The van der Waals surface area contributed by atoms with Crippen molar-refractivity contribution in [3.63, 3.8) is 0 Å². The van der Waals surface area contributed by atoms with Crippen LogP contribution in [0.3, 0.4) is 0 Å². The topological polar surface area (TPSA) is 66.5 Å². The lowest BCUT2D eigenvalue weighted by Crippen LogP contribution is -2.36. The number of hydrogen-bond acceptors (Lipinski definition) is 3. The van der Waals surface area contributed by atoms with E-state index in [4.69, 9.17) is 0 Å². The smallest absolute Gasteiger partial charge is 0.240 e. The summed E-state index contributed by atoms with van der Waals surface area (Å²) in [7, 11) is -1.79. The maximum Gasteiger partial charge on any atom is 0.240 e. The Labute approximate surface area is 125 Å². The standard InChI is InChI=1S/C15H20N2O3S/c1-17-14-8-7-13(9-11(14)10-15(17)18)21(19,20)16-12-5-3-2-4-6-12/h7-9,12,16H,2-6,10H2,1H3. The summed E-state index contributed by atoms with van der Waals surface area (Å²) in [5.41, 5.74) is 1.59. The highest BCUT2D eigenvalue weighted by atomic mass is 32.2. The number of nitrogens with zero attached hydrogens (tertiary/aromatic N) is 1. The predicted octanol–water partition coefficient (Wildman–Crippen LogP) is 1.82. The summed E-state index contributed by atoms with van der Waals surface area (Å²) >= 11 is 0. The summed E-state index contributed by atoms with van der Waals surface area (Å²) in [5.74, 6) is -0.000197. The molecule has 1 aromatic carbocycles. The SMILES string of the molecule is CN1C(=O)Cc2cc(S(=O)(=O)NC3CCCCC3)ccc21. The van der Waals surface area contributed by atoms with Crippen molar-refractivity contribution in [1.82, 2.24) is 4.72 Å². The number of rotatable bonds is 3. The largest absolute Gasteiger partial charge is 0.315 e. The number of likely N-dealkylation sites (N-methyl/N-ethyl adjacent to an activating group) is 1. The lowest BCUT2D eigenvalue weighted by molar-refractivity contribution is -0.117. The van der Waals surface area contributed by atoms with Gasteiger partial charge in [-0.3, -0.25) is 4.79 Å². The monoisotopic (exact) mass is 308 g/mol. The van der Waals surface area contributed by atoms with Gasteiger partial charge in [0.15, 0.2) is 0 Å². The van der Waals surface area contributed by atoms with E-state index in [-0.39, 0.29) is 23.3 Å². The van der Waals surface area contributed by atoms with Gasteiger partial charge in [0, 0.05) is 18.8 Å². The van der Waals surface area contributed by atoms with Crippen molar-refractivity contribution < 1.29 is 13.2 Å². The third-order valence-electron chi connectivity index (χ3n) is 4.37. The fourth-order valence-corrected chi connectivity index (χ4v) is 4.48. The van der Waals surface area contributed by atoms with E-state index in [2.05, 4.69) is 4.72 Å². The van der Waals surface area contributed by atoms with E-state index >= 15 is 0 Å². The maximum atomic E-state index is 12.5. The molecule has 1 fully saturated rings. The molecular formula is C15H20N2O3S. The molecule has 1 aliphatic heterocycles. The van der Waals surface area contributed by atoms with Gasteiger partial charge in [-0.15, -0.1) is 0 Å². The first-order valence-electron chi connectivity index (χ1n) is 7.39. The molecule has 0 unspecified atom stereocenters. The van der Waals surface area contributed by atoms with Gasteiger partial charge in [-0.2, -0.15) is 0 Å². The van der Waals surface area contributed by atoms with Crippen molar-refractivity contribution in [2.75, 3.05) is 11.9 Å². The summed E-state index contributed by atoms with van der Waals surface area (Å²) in [6.45, 7) is 0. The maximum absolute atomic E-state index is 12.5. The number of carbonyl (C=O) groups excluding carboxylic acids is 1. The van der Waals surface area contributed by atoms with E-state index in [1.54, 1.807) is 30.1 Å². The number of benzene rings is 1. The molecule has 21 heavy (non-hydrogen) atoms. The zero-order valence-electron chi connectivity index (χ0n) is 12.1. The zero-order valence-corrected chi connectivity index (χ0v) is 12.9. The Morgan fingerprint density at radius 1 is 1.19 bits per heavy atom. The van der Waals surface area contributed by atoms with Gasteiger partial charge < -0.3 is 4.90 Å². The third kappa shape index (κ3) is 2.82.